The molecule has 7 nitrogen and oxygen atoms in total. The molecule has 0 aliphatic carbocycles. The predicted octanol–water partition coefficient (Wildman–Crippen LogP) is -1.46. The number of rotatable bonds is 4. The van der Waals surface area contributed by atoms with Crippen LogP contribution < -0.4 is 10.6 Å². The van der Waals surface area contributed by atoms with E-state index >= 15 is 0 Å². The van der Waals surface area contributed by atoms with Crippen LogP contribution in [0.5, 0.6) is 0 Å². The molecule has 0 aliphatic heterocycles. The van der Waals surface area contributed by atoms with E-state index in [-0.39, 0.29) is 6.54 Å². The van der Waals surface area contributed by atoms with Crippen LogP contribution in [0.3, 0.4) is 0 Å². The molecule has 0 radical (unpaired) electrons. The molecule has 0 spiro atoms. The molecular formula is C6H10N2O5. The maximum absolute atomic E-state index is 10.7. The van der Waals surface area contributed by atoms with Gasteiger partial charge in [0.05, 0.1) is 7.11 Å². The Hall–Kier alpha value is -1.79. The maximum Gasteiger partial charge on any atom is 0.325 e. The Bertz CT molecular complexity index is 215. The lowest BCUT2D eigenvalue weighted by molar-refractivity contribution is -0.139. The summed E-state index contributed by atoms with van der Waals surface area (Å²) in [6, 6.07) is -0.729. The number of amides is 2. The Labute approximate surface area is 74.1 Å². The molecule has 0 aromatic carbocycles. The third-order valence-electron chi connectivity index (χ3n) is 1.02. The van der Waals surface area contributed by atoms with Gasteiger partial charge >= 0.3 is 18.0 Å². The monoisotopic (exact) mass is 190 g/mol. The minimum absolute atomic E-state index is 0.290. The quantitative estimate of drug-likeness (QED) is 0.470. The van der Waals surface area contributed by atoms with E-state index in [0.29, 0.717) is 0 Å². The van der Waals surface area contributed by atoms with Crippen LogP contribution in [0, 0.1) is 0 Å². The van der Waals surface area contributed by atoms with Gasteiger partial charge in [-0.15, -0.1) is 0 Å². The fourth-order valence-electron chi connectivity index (χ4n) is 0.443. The van der Waals surface area contributed by atoms with E-state index in [4.69, 9.17) is 5.11 Å². The number of nitrogens with one attached hydrogen (secondary N) is 2. The molecular weight excluding hydrogens is 180 g/mol. The Morgan fingerprint density at radius 2 is 1.77 bits per heavy atom. The van der Waals surface area contributed by atoms with Crippen molar-refractivity contribution < 1.29 is 24.2 Å². The number of carboxylic acids is 1. The zero-order valence-electron chi connectivity index (χ0n) is 6.99. The van der Waals surface area contributed by atoms with Crippen molar-refractivity contribution in [2.45, 2.75) is 0 Å². The molecule has 0 saturated heterocycles. The SMILES string of the molecule is COC(=O)CNC(=O)NCC(=O)O. The summed E-state index contributed by atoms with van der Waals surface area (Å²) in [5.41, 5.74) is 0. The molecule has 0 fully saturated rings. The van der Waals surface area contributed by atoms with Crippen molar-refractivity contribution in [3.05, 3.63) is 0 Å². The molecule has 0 heterocycles. The van der Waals surface area contributed by atoms with Gasteiger partial charge in [0.2, 0.25) is 0 Å². The van der Waals surface area contributed by atoms with E-state index in [1.807, 2.05) is 5.32 Å². The van der Waals surface area contributed by atoms with Crippen LogP contribution in [0.4, 0.5) is 4.79 Å². The molecule has 0 saturated carbocycles. The van der Waals surface area contributed by atoms with E-state index < -0.39 is 24.5 Å². The van der Waals surface area contributed by atoms with Gasteiger partial charge in [0.1, 0.15) is 13.1 Å². The topological polar surface area (TPSA) is 105 Å². The Balaban J connectivity index is 3.52. The highest BCUT2D eigenvalue weighted by Crippen LogP contribution is 1.70. The largest absolute Gasteiger partial charge is 0.480 e. The van der Waals surface area contributed by atoms with Crippen molar-refractivity contribution in [2.75, 3.05) is 20.2 Å². The number of carboxylic acid groups (broad SMARTS) is 1. The van der Waals surface area contributed by atoms with Crippen LogP contribution in [0.25, 0.3) is 0 Å². The number of hydrogen-bond acceptors (Lipinski definition) is 4. The Morgan fingerprint density at radius 3 is 2.23 bits per heavy atom. The summed E-state index contributed by atoms with van der Waals surface area (Å²) >= 11 is 0. The highest BCUT2D eigenvalue weighted by molar-refractivity contribution is 5.83. The fraction of sp³-hybridized carbons (Fsp3) is 0.500. The minimum atomic E-state index is -1.16. The summed E-state index contributed by atoms with van der Waals surface area (Å²) in [5, 5.41) is 12.3. The van der Waals surface area contributed by atoms with Crippen LogP contribution in [0.15, 0.2) is 0 Å². The molecule has 0 rings (SSSR count). The summed E-state index contributed by atoms with van der Waals surface area (Å²) < 4.78 is 4.23. The minimum Gasteiger partial charge on any atom is -0.480 e. The summed E-state index contributed by atoms with van der Waals surface area (Å²) in [4.78, 5) is 31.1. The molecule has 7 heteroatoms. The third kappa shape index (κ3) is 6.60. The van der Waals surface area contributed by atoms with Gasteiger partial charge in [-0.05, 0) is 0 Å². The zero-order chi connectivity index (χ0) is 10.3. The molecule has 3 N–H and O–H groups in total. The van der Waals surface area contributed by atoms with E-state index in [1.165, 1.54) is 7.11 Å². The van der Waals surface area contributed by atoms with Crippen molar-refractivity contribution in [1.29, 1.82) is 0 Å². The van der Waals surface area contributed by atoms with Crippen LogP contribution in [-0.4, -0.2) is 43.3 Å². The lowest BCUT2D eigenvalue weighted by Crippen LogP contribution is -2.40. The first-order chi connectivity index (χ1) is 6.06. The second kappa shape index (κ2) is 5.81. The maximum atomic E-state index is 10.7. The molecule has 13 heavy (non-hydrogen) atoms. The standard InChI is InChI=1S/C6H10N2O5/c1-13-5(11)3-8-6(12)7-2-4(9)10/h2-3H2,1H3,(H,9,10)(H2,7,8,12). The summed E-state index contributed by atoms with van der Waals surface area (Å²) in [6.07, 6.45) is 0. The highest BCUT2D eigenvalue weighted by Gasteiger charge is 2.05. The molecule has 0 unspecified atom stereocenters. The molecule has 0 bridgehead atoms. The second-order valence-corrected chi connectivity index (χ2v) is 2.01. The zero-order valence-corrected chi connectivity index (χ0v) is 6.99. The predicted molar refractivity (Wildman–Crippen MR) is 41.1 cm³/mol. The van der Waals surface area contributed by atoms with Gasteiger partial charge in [0, 0.05) is 0 Å². The average molecular weight is 190 g/mol. The van der Waals surface area contributed by atoms with Crippen molar-refractivity contribution >= 4 is 18.0 Å². The summed E-state index contributed by atoms with van der Waals surface area (Å²) in [6.45, 7) is -0.783. The van der Waals surface area contributed by atoms with Gasteiger partial charge in [-0.3, -0.25) is 9.59 Å². The van der Waals surface area contributed by atoms with Crippen molar-refractivity contribution in [3.8, 4) is 0 Å². The normalized spacial score (nSPS) is 8.69. The number of ether oxygens (including phenoxy) is 1. The average Bonchev–Trinajstić information content (AvgIpc) is 2.10. The Morgan fingerprint density at radius 1 is 1.23 bits per heavy atom. The van der Waals surface area contributed by atoms with E-state index in [9.17, 15) is 14.4 Å². The lowest BCUT2D eigenvalue weighted by atomic mass is 10.6. The number of esters is 1. The first-order valence-corrected chi connectivity index (χ1v) is 3.36. The van der Waals surface area contributed by atoms with Crippen LogP contribution in [0.2, 0.25) is 0 Å². The van der Waals surface area contributed by atoms with E-state index in [1.54, 1.807) is 0 Å². The number of carbonyl (C=O) groups excluding carboxylic acids is 2. The van der Waals surface area contributed by atoms with E-state index in [2.05, 4.69) is 10.1 Å². The summed E-state index contributed by atoms with van der Waals surface area (Å²) in [7, 11) is 1.18. The number of urea groups is 1. The fourth-order valence-corrected chi connectivity index (χ4v) is 0.443. The molecule has 0 aromatic heterocycles. The number of methoxy groups -OCH3 is 1. The smallest absolute Gasteiger partial charge is 0.325 e. The van der Waals surface area contributed by atoms with Crippen molar-refractivity contribution in [1.82, 2.24) is 10.6 Å². The Kier molecular flexibility index (Phi) is 5.01. The molecule has 74 valence electrons. The molecule has 0 aliphatic rings. The first kappa shape index (κ1) is 11.2. The second-order valence-electron chi connectivity index (χ2n) is 2.01. The van der Waals surface area contributed by atoms with Gasteiger partial charge < -0.3 is 20.5 Å². The van der Waals surface area contributed by atoms with Crippen molar-refractivity contribution in [3.63, 3.8) is 0 Å². The highest BCUT2D eigenvalue weighted by atomic mass is 16.5. The number of carbonyl (C=O) groups is 3. The number of hydrogen-bond donors (Lipinski definition) is 3. The van der Waals surface area contributed by atoms with Gasteiger partial charge in [-0.25, -0.2) is 4.79 Å². The number of aliphatic carboxylic acids is 1. The van der Waals surface area contributed by atoms with Gasteiger partial charge in [-0.1, -0.05) is 0 Å². The van der Waals surface area contributed by atoms with Crippen LogP contribution in [0.1, 0.15) is 0 Å². The first-order valence-electron chi connectivity index (χ1n) is 3.36. The van der Waals surface area contributed by atoms with Gasteiger partial charge in [0.25, 0.3) is 0 Å². The van der Waals surface area contributed by atoms with Gasteiger partial charge in [-0.2, -0.15) is 0 Å². The molecule has 0 aromatic rings. The van der Waals surface area contributed by atoms with Crippen LogP contribution in [-0.2, 0) is 14.3 Å². The van der Waals surface area contributed by atoms with Gasteiger partial charge in [0.15, 0.2) is 0 Å². The van der Waals surface area contributed by atoms with Crippen molar-refractivity contribution in [2.24, 2.45) is 0 Å². The van der Waals surface area contributed by atoms with E-state index in [0.717, 1.165) is 0 Å². The summed E-state index contributed by atoms with van der Waals surface area (Å²) in [5.74, 6) is -1.77. The van der Waals surface area contributed by atoms with Crippen LogP contribution >= 0.6 is 0 Å². The molecule has 2 amide bonds. The molecule has 0 atom stereocenters. The lowest BCUT2D eigenvalue weighted by Gasteiger charge is -2.03. The third-order valence-corrected chi connectivity index (χ3v) is 1.02.